The van der Waals surface area contributed by atoms with E-state index in [1.54, 1.807) is 0 Å². The summed E-state index contributed by atoms with van der Waals surface area (Å²) in [5.74, 6) is 0.0291. The number of aromatic nitrogens is 2. The molecule has 2 aromatic heterocycles. The predicted molar refractivity (Wildman–Crippen MR) is 223 cm³/mol. The van der Waals surface area contributed by atoms with Crippen molar-refractivity contribution in [2.24, 2.45) is 0 Å². The zero-order valence-corrected chi connectivity index (χ0v) is 29.4. The van der Waals surface area contributed by atoms with E-state index in [0.29, 0.717) is 6.54 Å². The van der Waals surface area contributed by atoms with Crippen molar-refractivity contribution in [3.8, 4) is 33.6 Å². The largest absolute Gasteiger partial charge is 0.309 e. The fourth-order valence-electron chi connectivity index (χ4n) is 8.73. The van der Waals surface area contributed by atoms with Crippen LogP contribution in [0.1, 0.15) is 15.9 Å². The number of rotatable bonds is 5. The summed E-state index contributed by atoms with van der Waals surface area (Å²) in [6.07, 6.45) is 0. The smallest absolute Gasteiger partial charge is 0.259 e. The van der Waals surface area contributed by atoms with Gasteiger partial charge in [-0.05, 0) is 88.5 Å². The van der Waals surface area contributed by atoms with Crippen LogP contribution in [0.15, 0.2) is 188 Å². The molecule has 1 amide bonds. The summed E-state index contributed by atoms with van der Waals surface area (Å²) in [4.78, 5) is 16.4. The van der Waals surface area contributed by atoms with E-state index in [1.807, 2.05) is 35.2 Å². The Morgan fingerprint density at radius 1 is 0.352 bits per heavy atom. The number of hydrogen-bond donors (Lipinski definition) is 0. The molecule has 0 fully saturated rings. The van der Waals surface area contributed by atoms with Gasteiger partial charge < -0.3 is 14.0 Å². The number of carbonyl (C=O) groups is 1. The fourth-order valence-corrected chi connectivity index (χ4v) is 8.73. The number of amides is 1. The highest BCUT2D eigenvalue weighted by molar-refractivity contribution is 6.16. The van der Waals surface area contributed by atoms with Crippen molar-refractivity contribution in [3.63, 3.8) is 0 Å². The summed E-state index contributed by atoms with van der Waals surface area (Å²) >= 11 is 0. The van der Waals surface area contributed by atoms with Crippen molar-refractivity contribution in [1.82, 2.24) is 9.13 Å². The minimum absolute atomic E-state index is 0.0291. The molecule has 0 unspecified atom stereocenters. The molecule has 1 aliphatic rings. The quantitative estimate of drug-likeness (QED) is 0.177. The second-order valence-corrected chi connectivity index (χ2v) is 14.1. The highest BCUT2D eigenvalue weighted by Crippen LogP contribution is 2.42. The number of para-hydroxylation sites is 5. The second kappa shape index (κ2) is 11.9. The summed E-state index contributed by atoms with van der Waals surface area (Å²) in [6, 6.07) is 66.1. The van der Waals surface area contributed by atoms with Crippen LogP contribution in [0.4, 0.5) is 5.69 Å². The maximum Gasteiger partial charge on any atom is 0.259 e. The van der Waals surface area contributed by atoms with Crippen molar-refractivity contribution in [3.05, 3.63) is 199 Å². The van der Waals surface area contributed by atoms with Gasteiger partial charge in [-0.15, -0.1) is 0 Å². The van der Waals surface area contributed by atoms with Crippen molar-refractivity contribution >= 4 is 55.2 Å². The Bertz CT molecular complexity index is 2970. The molecule has 54 heavy (non-hydrogen) atoms. The first-order valence-corrected chi connectivity index (χ1v) is 18.4. The SMILES string of the molecule is O=C1c2c(-c3ccc(-n4c5ccccc5c5ccccc54)cc3)ccc(-c3ccc(-n4c5ccccc5c5ccccc54)cc3)c2CN1c1ccccc1. The number of hydrogen-bond acceptors (Lipinski definition) is 1. The van der Waals surface area contributed by atoms with Crippen LogP contribution in [0.3, 0.4) is 0 Å². The van der Waals surface area contributed by atoms with Crippen LogP contribution in [0.25, 0.3) is 77.2 Å². The molecule has 1 aliphatic heterocycles. The van der Waals surface area contributed by atoms with E-state index in [1.165, 1.54) is 43.6 Å². The third-order valence-corrected chi connectivity index (χ3v) is 11.2. The van der Waals surface area contributed by atoms with Crippen LogP contribution in [0.2, 0.25) is 0 Å². The fraction of sp³-hybridized carbons (Fsp3) is 0.0200. The molecule has 0 N–H and O–H groups in total. The van der Waals surface area contributed by atoms with Crippen molar-refractivity contribution in [2.75, 3.05) is 4.90 Å². The molecule has 0 atom stereocenters. The summed E-state index contributed by atoms with van der Waals surface area (Å²) < 4.78 is 4.67. The molecule has 10 aromatic rings. The zero-order valence-electron chi connectivity index (χ0n) is 29.4. The normalized spacial score (nSPS) is 12.7. The molecule has 11 rings (SSSR count). The van der Waals surface area contributed by atoms with Gasteiger partial charge in [0.15, 0.2) is 0 Å². The van der Waals surface area contributed by atoms with Crippen LogP contribution in [0, 0.1) is 0 Å². The topological polar surface area (TPSA) is 30.2 Å². The van der Waals surface area contributed by atoms with Gasteiger partial charge in [-0.25, -0.2) is 0 Å². The average Bonchev–Trinajstić information content (AvgIpc) is 3.89. The van der Waals surface area contributed by atoms with Gasteiger partial charge >= 0.3 is 0 Å². The molecular formula is C50H33N3O. The Balaban J connectivity index is 1.02. The summed E-state index contributed by atoms with van der Waals surface area (Å²) in [5, 5.41) is 4.96. The molecule has 0 saturated heterocycles. The van der Waals surface area contributed by atoms with Crippen molar-refractivity contribution < 1.29 is 4.79 Å². The minimum Gasteiger partial charge on any atom is -0.309 e. The molecule has 0 spiro atoms. The predicted octanol–water partition coefficient (Wildman–Crippen LogP) is 12.4. The summed E-state index contributed by atoms with van der Waals surface area (Å²) in [7, 11) is 0. The highest BCUT2D eigenvalue weighted by Gasteiger charge is 2.33. The van der Waals surface area contributed by atoms with Gasteiger partial charge in [-0.3, -0.25) is 4.79 Å². The minimum atomic E-state index is 0.0291. The molecule has 0 aliphatic carbocycles. The van der Waals surface area contributed by atoms with E-state index in [9.17, 15) is 4.79 Å². The molecular weight excluding hydrogens is 659 g/mol. The first-order chi connectivity index (χ1) is 26.7. The second-order valence-electron chi connectivity index (χ2n) is 14.1. The molecule has 254 valence electrons. The lowest BCUT2D eigenvalue weighted by atomic mass is 9.90. The van der Waals surface area contributed by atoms with E-state index in [2.05, 4.69) is 167 Å². The van der Waals surface area contributed by atoms with Crippen molar-refractivity contribution in [2.45, 2.75) is 6.54 Å². The molecule has 0 radical (unpaired) electrons. The van der Waals surface area contributed by atoms with Crippen molar-refractivity contribution in [1.29, 1.82) is 0 Å². The van der Waals surface area contributed by atoms with Gasteiger partial charge in [0, 0.05) is 38.6 Å². The first-order valence-electron chi connectivity index (χ1n) is 18.4. The monoisotopic (exact) mass is 691 g/mol. The molecule has 0 bridgehead atoms. The third kappa shape index (κ3) is 4.53. The number of carbonyl (C=O) groups excluding carboxylic acids is 1. The summed E-state index contributed by atoms with van der Waals surface area (Å²) in [5.41, 5.74) is 13.8. The average molecular weight is 692 g/mol. The molecule has 4 nitrogen and oxygen atoms in total. The Morgan fingerprint density at radius 2 is 0.741 bits per heavy atom. The molecule has 0 saturated carbocycles. The van der Waals surface area contributed by atoms with Crippen LogP contribution >= 0.6 is 0 Å². The number of nitrogens with zero attached hydrogens (tertiary/aromatic N) is 3. The standard InChI is InChI=1S/C50H33N3O/c54-50-49-39(34-24-28-37(29-25-34)53-47-20-10-6-16-42(47)43-17-7-11-21-48(43)53)31-30-38(44(49)32-51(50)35-12-2-1-3-13-35)33-22-26-36(27-23-33)52-45-18-8-4-14-40(45)41-15-5-9-19-46(41)52/h1-31H,32H2. The zero-order chi connectivity index (χ0) is 35.8. The van der Waals surface area contributed by atoms with E-state index < -0.39 is 0 Å². The maximum atomic E-state index is 14.5. The van der Waals surface area contributed by atoms with Gasteiger partial charge in [-0.2, -0.15) is 0 Å². The van der Waals surface area contributed by atoms with Gasteiger partial charge in [0.1, 0.15) is 0 Å². The van der Waals surface area contributed by atoms with Crippen LogP contribution < -0.4 is 4.90 Å². The van der Waals surface area contributed by atoms with Crippen LogP contribution in [-0.2, 0) is 6.54 Å². The highest BCUT2D eigenvalue weighted by atomic mass is 16.2. The third-order valence-electron chi connectivity index (χ3n) is 11.2. The first kappa shape index (κ1) is 30.5. The molecule has 8 aromatic carbocycles. The molecule has 4 heteroatoms. The Labute approximate surface area is 312 Å². The Kier molecular flexibility index (Phi) is 6.73. The number of fused-ring (bicyclic) bond motifs is 7. The van der Waals surface area contributed by atoms with E-state index in [4.69, 9.17) is 0 Å². The molecule has 3 heterocycles. The Morgan fingerprint density at radius 3 is 1.20 bits per heavy atom. The Hall–Kier alpha value is -7.17. The lowest BCUT2D eigenvalue weighted by molar-refractivity contribution is 0.0997. The lowest BCUT2D eigenvalue weighted by Gasteiger charge is -2.15. The maximum absolute atomic E-state index is 14.5. The number of anilines is 1. The van der Waals surface area contributed by atoms with E-state index in [-0.39, 0.29) is 5.91 Å². The van der Waals surface area contributed by atoms with E-state index in [0.717, 1.165) is 50.4 Å². The lowest BCUT2D eigenvalue weighted by Crippen LogP contribution is -2.23. The number of benzene rings is 8. The van der Waals surface area contributed by atoms with E-state index >= 15 is 0 Å². The van der Waals surface area contributed by atoms with Crippen LogP contribution in [-0.4, -0.2) is 15.0 Å². The van der Waals surface area contributed by atoms with Crippen LogP contribution in [0.5, 0.6) is 0 Å². The summed E-state index contributed by atoms with van der Waals surface area (Å²) in [6.45, 7) is 0.509. The van der Waals surface area contributed by atoms with Gasteiger partial charge in [0.2, 0.25) is 0 Å². The van der Waals surface area contributed by atoms with Gasteiger partial charge in [-0.1, -0.05) is 127 Å². The van der Waals surface area contributed by atoms with Gasteiger partial charge in [0.05, 0.1) is 34.2 Å². The van der Waals surface area contributed by atoms with Gasteiger partial charge in [0.25, 0.3) is 5.91 Å².